The van der Waals surface area contributed by atoms with E-state index in [9.17, 15) is 13.2 Å². The van der Waals surface area contributed by atoms with Gasteiger partial charge in [-0.15, -0.1) is 0 Å². The summed E-state index contributed by atoms with van der Waals surface area (Å²) >= 11 is 0. The van der Waals surface area contributed by atoms with E-state index in [0.29, 0.717) is 25.6 Å². The number of rotatable bonds is 5. The molecule has 2 nitrogen and oxygen atoms in total. The van der Waals surface area contributed by atoms with E-state index >= 15 is 0 Å². The second-order valence-electron chi connectivity index (χ2n) is 5.15. The molecule has 1 heterocycles. The van der Waals surface area contributed by atoms with Crippen LogP contribution in [-0.4, -0.2) is 37.3 Å². The van der Waals surface area contributed by atoms with Gasteiger partial charge in [0.05, 0.1) is 5.92 Å². The van der Waals surface area contributed by atoms with E-state index in [1.807, 2.05) is 0 Å². The SMILES string of the molecule is CC(CCCN)CN1CCC(C(F)(F)F)CC1. The zero-order valence-electron chi connectivity index (χ0n) is 10.5. The van der Waals surface area contributed by atoms with Crippen molar-refractivity contribution in [2.24, 2.45) is 17.6 Å². The van der Waals surface area contributed by atoms with Crippen molar-refractivity contribution in [1.82, 2.24) is 4.90 Å². The predicted octanol–water partition coefficient (Wildman–Crippen LogP) is 2.64. The molecular formula is C12H23F3N2. The van der Waals surface area contributed by atoms with E-state index in [1.165, 1.54) is 0 Å². The summed E-state index contributed by atoms with van der Waals surface area (Å²) in [7, 11) is 0. The first-order valence-corrected chi connectivity index (χ1v) is 6.42. The Morgan fingerprint density at radius 3 is 2.35 bits per heavy atom. The van der Waals surface area contributed by atoms with Crippen LogP contribution in [0.15, 0.2) is 0 Å². The Morgan fingerprint density at radius 2 is 1.88 bits per heavy atom. The Morgan fingerprint density at radius 1 is 1.29 bits per heavy atom. The van der Waals surface area contributed by atoms with E-state index in [-0.39, 0.29) is 12.8 Å². The molecule has 0 aromatic heterocycles. The highest BCUT2D eigenvalue weighted by Gasteiger charge is 2.40. The summed E-state index contributed by atoms with van der Waals surface area (Å²) in [6.07, 6.45) is -1.42. The van der Waals surface area contributed by atoms with E-state index in [2.05, 4.69) is 11.8 Å². The summed E-state index contributed by atoms with van der Waals surface area (Å²) in [5.74, 6) is -0.556. The summed E-state index contributed by atoms with van der Waals surface area (Å²) in [5.41, 5.74) is 5.44. The van der Waals surface area contributed by atoms with E-state index < -0.39 is 12.1 Å². The van der Waals surface area contributed by atoms with Gasteiger partial charge in [-0.3, -0.25) is 0 Å². The highest BCUT2D eigenvalue weighted by atomic mass is 19.4. The third kappa shape index (κ3) is 5.25. The first kappa shape index (κ1) is 14.8. The normalized spacial score (nSPS) is 21.7. The average Bonchev–Trinajstić information content (AvgIpc) is 2.26. The zero-order chi connectivity index (χ0) is 12.9. The van der Waals surface area contributed by atoms with Crippen molar-refractivity contribution in [2.75, 3.05) is 26.2 Å². The van der Waals surface area contributed by atoms with Crippen LogP contribution in [0.4, 0.5) is 13.2 Å². The molecule has 0 saturated carbocycles. The quantitative estimate of drug-likeness (QED) is 0.815. The molecule has 1 unspecified atom stereocenters. The van der Waals surface area contributed by atoms with E-state index in [1.54, 1.807) is 0 Å². The Bertz CT molecular complexity index is 210. The zero-order valence-corrected chi connectivity index (χ0v) is 10.5. The molecule has 0 bridgehead atoms. The lowest BCUT2D eigenvalue weighted by Gasteiger charge is -2.34. The topological polar surface area (TPSA) is 29.3 Å². The number of nitrogens with zero attached hydrogens (tertiary/aromatic N) is 1. The molecule has 0 amide bonds. The summed E-state index contributed by atoms with van der Waals surface area (Å²) in [5, 5.41) is 0. The molecule has 1 atom stereocenters. The Hall–Kier alpha value is -0.290. The molecule has 17 heavy (non-hydrogen) atoms. The van der Waals surface area contributed by atoms with Crippen LogP contribution in [0, 0.1) is 11.8 Å². The number of hydrogen-bond donors (Lipinski definition) is 1. The second kappa shape index (κ2) is 6.59. The van der Waals surface area contributed by atoms with Crippen molar-refractivity contribution in [3.05, 3.63) is 0 Å². The first-order valence-electron chi connectivity index (χ1n) is 6.42. The van der Waals surface area contributed by atoms with Crippen LogP contribution in [0.1, 0.15) is 32.6 Å². The lowest BCUT2D eigenvalue weighted by atomic mass is 9.95. The summed E-state index contributed by atoms with van der Waals surface area (Å²) in [6.45, 7) is 4.91. The summed E-state index contributed by atoms with van der Waals surface area (Å²) in [4.78, 5) is 2.16. The Balaban J connectivity index is 2.23. The number of likely N-dealkylation sites (tertiary alicyclic amines) is 1. The number of alkyl halides is 3. The van der Waals surface area contributed by atoms with Crippen LogP contribution in [0.5, 0.6) is 0 Å². The molecule has 1 aliphatic rings. The van der Waals surface area contributed by atoms with Gasteiger partial charge < -0.3 is 10.6 Å². The lowest BCUT2D eigenvalue weighted by molar-refractivity contribution is -0.185. The summed E-state index contributed by atoms with van der Waals surface area (Å²) in [6, 6.07) is 0. The minimum Gasteiger partial charge on any atom is -0.330 e. The number of hydrogen-bond acceptors (Lipinski definition) is 2. The van der Waals surface area contributed by atoms with Gasteiger partial charge in [-0.05, 0) is 51.2 Å². The fourth-order valence-electron chi connectivity index (χ4n) is 2.44. The Labute approximate surface area is 101 Å². The van der Waals surface area contributed by atoms with Gasteiger partial charge in [-0.1, -0.05) is 6.92 Å². The predicted molar refractivity (Wildman–Crippen MR) is 62.7 cm³/mol. The van der Waals surface area contributed by atoms with Crippen LogP contribution < -0.4 is 5.73 Å². The van der Waals surface area contributed by atoms with Crippen molar-refractivity contribution in [1.29, 1.82) is 0 Å². The molecule has 0 aromatic rings. The first-order chi connectivity index (χ1) is 7.93. The molecule has 5 heteroatoms. The maximum Gasteiger partial charge on any atom is 0.391 e. The Kier molecular flexibility index (Phi) is 5.73. The minimum absolute atomic E-state index is 0.257. The maximum atomic E-state index is 12.5. The highest BCUT2D eigenvalue weighted by Crippen LogP contribution is 2.34. The fraction of sp³-hybridized carbons (Fsp3) is 1.00. The van der Waals surface area contributed by atoms with Crippen molar-refractivity contribution >= 4 is 0 Å². The maximum absolute atomic E-state index is 12.5. The third-order valence-corrected chi connectivity index (χ3v) is 3.52. The van der Waals surface area contributed by atoms with Crippen LogP contribution in [0.2, 0.25) is 0 Å². The van der Waals surface area contributed by atoms with Crippen molar-refractivity contribution in [2.45, 2.75) is 38.8 Å². The van der Waals surface area contributed by atoms with Gasteiger partial charge in [0.1, 0.15) is 0 Å². The molecule has 1 fully saturated rings. The molecule has 102 valence electrons. The smallest absolute Gasteiger partial charge is 0.330 e. The minimum atomic E-state index is -4.00. The lowest BCUT2D eigenvalue weighted by Crippen LogP contribution is -2.40. The molecular weight excluding hydrogens is 229 g/mol. The highest BCUT2D eigenvalue weighted by molar-refractivity contribution is 4.77. The summed E-state index contributed by atoms with van der Waals surface area (Å²) < 4.78 is 37.4. The molecule has 0 radical (unpaired) electrons. The molecule has 1 saturated heterocycles. The van der Waals surface area contributed by atoms with Gasteiger partial charge in [0.15, 0.2) is 0 Å². The number of piperidine rings is 1. The van der Waals surface area contributed by atoms with Gasteiger partial charge in [-0.2, -0.15) is 13.2 Å². The average molecular weight is 252 g/mol. The molecule has 1 rings (SSSR count). The van der Waals surface area contributed by atoms with Crippen LogP contribution in [-0.2, 0) is 0 Å². The number of nitrogens with two attached hydrogens (primary N) is 1. The van der Waals surface area contributed by atoms with Crippen molar-refractivity contribution in [3.63, 3.8) is 0 Å². The third-order valence-electron chi connectivity index (χ3n) is 3.52. The van der Waals surface area contributed by atoms with E-state index in [0.717, 1.165) is 19.4 Å². The van der Waals surface area contributed by atoms with Gasteiger partial charge >= 0.3 is 6.18 Å². The molecule has 1 aliphatic heterocycles. The van der Waals surface area contributed by atoms with Crippen molar-refractivity contribution in [3.8, 4) is 0 Å². The van der Waals surface area contributed by atoms with Crippen LogP contribution in [0.3, 0.4) is 0 Å². The molecule has 0 aliphatic carbocycles. The van der Waals surface area contributed by atoms with Gasteiger partial charge in [0.25, 0.3) is 0 Å². The largest absolute Gasteiger partial charge is 0.391 e. The molecule has 0 spiro atoms. The molecule has 2 N–H and O–H groups in total. The monoisotopic (exact) mass is 252 g/mol. The fourth-order valence-corrected chi connectivity index (χ4v) is 2.44. The van der Waals surface area contributed by atoms with Gasteiger partial charge in [-0.25, -0.2) is 0 Å². The second-order valence-corrected chi connectivity index (χ2v) is 5.15. The van der Waals surface area contributed by atoms with Crippen LogP contribution >= 0.6 is 0 Å². The standard InChI is InChI=1S/C12H23F3N2/c1-10(3-2-6-16)9-17-7-4-11(5-8-17)12(13,14)15/h10-11H,2-9,16H2,1H3. The van der Waals surface area contributed by atoms with Crippen LogP contribution in [0.25, 0.3) is 0 Å². The van der Waals surface area contributed by atoms with Gasteiger partial charge in [0, 0.05) is 6.54 Å². The molecule has 0 aromatic carbocycles. The van der Waals surface area contributed by atoms with Gasteiger partial charge in [0.2, 0.25) is 0 Å². The number of halogens is 3. The van der Waals surface area contributed by atoms with Crippen molar-refractivity contribution < 1.29 is 13.2 Å². The van der Waals surface area contributed by atoms with E-state index in [4.69, 9.17) is 5.73 Å².